The molecule has 182 valence electrons. The van der Waals surface area contributed by atoms with Gasteiger partial charge in [0.25, 0.3) is 17.7 Å². The second-order valence-electron chi connectivity index (χ2n) is 7.54. The van der Waals surface area contributed by atoms with Crippen LogP contribution in [0.2, 0.25) is 0 Å². The molecule has 9 nitrogen and oxygen atoms in total. The summed E-state index contributed by atoms with van der Waals surface area (Å²) >= 11 is 3.36. The van der Waals surface area contributed by atoms with Gasteiger partial charge in [-0.15, -0.1) is 0 Å². The fraction of sp³-hybridized carbons (Fsp3) is 0.0769. The lowest BCUT2D eigenvalue weighted by atomic mass is 10.1. The largest absolute Gasteiger partial charge is 0.497 e. The number of amides is 5. The van der Waals surface area contributed by atoms with E-state index in [1.165, 1.54) is 6.08 Å². The van der Waals surface area contributed by atoms with Crippen molar-refractivity contribution in [3.8, 4) is 11.5 Å². The summed E-state index contributed by atoms with van der Waals surface area (Å²) in [7, 11) is 1.55. The summed E-state index contributed by atoms with van der Waals surface area (Å²) < 4.78 is 11.4. The first-order chi connectivity index (χ1) is 17.4. The first-order valence-electron chi connectivity index (χ1n) is 10.7. The van der Waals surface area contributed by atoms with Gasteiger partial charge >= 0.3 is 6.03 Å². The van der Waals surface area contributed by atoms with E-state index in [0.29, 0.717) is 27.2 Å². The van der Waals surface area contributed by atoms with Crippen molar-refractivity contribution in [2.45, 2.75) is 0 Å². The molecule has 2 N–H and O–H groups in total. The number of imide groups is 2. The molecule has 1 heterocycles. The monoisotopic (exact) mass is 549 g/mol. The van der Waals surface area contributed by atoms with Crippen LogP contribution in [0.3, 0.4) is 0 Å². The zero-order chi connectivity index (χ0) is 25.7. The second kappa shape index (κ2) is 10.9. The van der Waals surface area contributed by atoms with Crippen molar-refractivity contribution in [1.82, 2.24) is 5.32 Å². The molecule has 36 heavy (non-hydrogen) atoms. The van der Waals surface area contributed by atoms with Crippen LogP contribution in [0, 0.1) is 0 Å². The Morgan fingerprint density at radius 2 is 1.75 bits per heavy atom. The molecule has 1 saturated heterocycles. The average Bonchev–Trinajstić information content (AvgIpc) is 2.87. The number of nitrogens with one attached hydrogen (secondary N) is 2. The van der Waals surface area contributed by atoms with E-state index in [1.54, 1.807) is 79.9 Å². The van der Waals surface area contributed by atoms with Crippen LogP contribution < -0.4 is 25.0 Å². The van der Waals surface area contributed by atoms with Gasteiger partial charge in [0.05, 0.1) is 12.8 Å². The lowest BCUT2D eigenvalue weighted by Crippen LogP contribution is -2.54. The molecular weight excluding hydrogens is 530 g/mol. The average molecular weight is 550 g/mol. The number of benzene rings is 3. The van der Waals surface area contributed by atoms with Crippen molar-refractivity contribution in [1.29, 1.82) is 0 Å². The number of nitrogens with zero attached hydrogens (tertiary/aromatic N) is 1. The molecule has 1 fully saturated rings. The Bertz CT molecular complexity index is 1360. The van der Waals surface area contributed by atoms with E-state index in [9.17, 15) is 19.2 Å². The van der Waals surface area contributed by atoms with Crippen LogP contribution in [0.5, 0.6) is 11.5 Å². The molecule has 3 aromatic carbocycles. The number of para-hydroxylation sites is 1. The Morgan fingerprint density at radius 3 is 2.44 bits per heavy atom. The summed E-state index contributed by atoms with van der Waals surface area (Å²) in [5, 5.41) is 4.89. The van der Waals surface area contributed by atoms with Gasteiger partial charge in [0.1, 0.15) is 17.1 Å². The van der Waals surface area contributed by atoms with Crippen molar-refractivity contribution < 1.29 is 28.7 Å². The van der Waals surface area contributed by atoms with E-state index in [0.717, 1.165) is 4.90 Å². The molecule has 4 rings (SSSR count). The maximum absolute atomic E-state index is 13.1. The van der Waals surface area contributed by atoms with E-state index < -0.39 is 23.8 Å². The molecule has 3 aromatic rings. The minimum Gasteiger partial charge on any atom is -0.497 e. The van der Waals surface area contributed by atoms with Gasteiger partial charge in [-0.3, -0.25) is 19.7 Å². The fourth-order valence-corrected chi connectivity index (χ4v) is 3.78. The highest BCUT2D eigenvalue weighted by atomic mass is 79.9. The van der Waals surface area contributed by atoms with Crippen LogP contribution in [0.4, 0.5) is 16.2 Å². The Morgan fingerprint density at radius 1 is 1.03 bits per heavy atom. The lowest BCUT2D eigenvalue weighted by Gasteiger charge is -2.26. The summed E-state index contributed by atoms with van der Waals surface area (Å²) in [6, 6.07) is 19.2. The van der Waals surface area contributed by atoms with Gasteiger partial charge in [-0.05, 0) is 60.7 Å². The topological polar surface area (TPSA) is 114 Å². The Balaban J connectivity index is 1.54. The molecule has 0 aromatic heterocycles. The van der Waals surface area contributed by atoms with Crippen LogP contribution >= 0.6 is 15.9 Å². The van der Waals surface area contributed by atoms with Crippen molar-refractivity contribution in [3.63, 3.8) is 0 Å². The maximum Gasteiger partial charge on any atom is 0.335 e. The third-order valence-electron chi connectivity index (χ3n) is 5.12. The van der Waals surface area contributed by atoms with E-state index in [4.69, 9.17) is 9.47 Å². The minimum atomic E-state index is -0.839. The maximum atomic E-state index is 13.1. The molecule has 10 heteroatoms. The lowest BCUT2D eigenvalue weighted by molar-refractivity contribution is -0.122. The predicted octanol–water partition coefficient (Wildman–Crippen LogP) is 4.14. The summed E-state index contributed by atoms with van der Waals surface area (Å²) in [5.41, 5.74) is 0.989. The minimum absolute atomic E-state index is 0.260. The van der Waals surface area contributed by atoms with Crippen molar-refractivity contribution in [2.75, 3.05) is 23.9 Å². The Hall–Kier alpha value is -4.44. The number of rotatable bonds is 7. The number of methoxy groups -OCH3 is 1. The molecule has 0 aliphatic carbocycles. The molecule has 1 aliphatic heterocycles. The summed E-state index contributed by atoms with van der Waals surface area (Å²) in [4.78, 5) is 51.3. The van der Waals surface area contributed by atoms with E-state index in [2.05, 4.69) is 26.6 Å². The van der Waals surface area contributed by atoms with E-state index in [1.807, 2.05) is 0 Å². The molecule has 0 spiro atoms. The first-order valence-corrected chi connectivity index (χ1v) is 11.5. The number of carbonyl (C=O) groups excluding carboxylic acids is 4. The highest BCUT2D eigenvalue weighted by Crippen LogP contribution is 2.28. The molecule has 1 aliphatic rings. The van der Waals surface area contributed by atoms with Crippen LogP contribution in [0.1, 0.15) is 5.56 Å². The van der Waals surface area contributed by atoms with Gasteiger partial charge in [-0.1, -0.05) is 34.1 Å². The van der Waals surface area contributed by atoms with Gasteiger partial charge in [0.15, 0.2) is 6.61 Å². The van der Waals surface area contributed by atoms with Gasteiger partial charge in [-0.2, -0.15) is 0 Å². The van der Waals surface area contributed by atoms with E-state index >= 15 is 0 Å². The number of hydrogen-bond acceptors (Lipinski definition) is 6. The molecular formula is C26H20BrN3O6. The molecule has 0 unspecified atom stereocenters. The van der Waals surface area contributed by atoms with Gasteiger partial charge in [0, 0.05) is 15.7 Å². The highest BCUT2D eigenvalue weighted by molar-refractivity contribution is 9.10. The van der Waals surface area contributed by atoms with Crippen LogP contribution in [0.25, 0.3) is 6.08 Å². The van der Waals surface area contributed by atoms with Crippen LogP contribution in [0.15, 0.2) is 82.8 Å². The quantitative estimate of drug-likeness (QED) is 0.338. The van der Waals surface area contributed by atoms with E-state index in [-0.39, 0.29) is 17.9 Å². The molecule has 0 saturated carbocycles. The number of carbonyl (C=O) groups is 4. The first kappa shape index (κ1) is 24.7. The van der Waals surface area contributed by atoms with Gasteiger partial charge in [0.2, 0.25) is 0 Å². The van der Waals surface area contributed by atoms with Crippen molar-refractivity contribution in [2.24, 2.45) is 0 Å². The Kier molecular flexibility index (Phi) is 7.45. The molecule has 0 atom stereocenters. The molecule has 0 radical (unpaired) electrons. The van der Waals surface area contributed by atoms with Gasteiger partial charge in [-0.25, -0.2) is 9.69 Å². The third-order valence-corrected chi connectivity index (χ3v) is 5.61. The van der Waals surface area contributed by atoms with Crippen molar-refractivity contribution in [3.05, 3.63) is 88.4 Å². The zero-order valence-corrected chi connectivity index (χ0v) is 20.6. The summed E-state index contributed by atoms with van der Waals surface area (Å²) in [6.45, 7) is -0.321. The number of barbiturate groups is 1. The fourth-order valence-electron chi connectivity index (χ4n) is 3.40. The summed E-state index contributed by atoms with van der Waals surface area (Å²) in [5.74, 6) is -1.10. The highest BCUT2D eigenvalue weighted by Gasteiger charge is 2.36. The normalized spacial score (nSPS) is 14.4. The molecule has 0 bridgehead atoms. The molecule has 5 amide bonds. The number of urea groups is 1. The predicted molar refractivity (Wildman–Crippen MR) is 137 cm³/mol. The summed E-state index contributed by atoms with van der Waals surface area (Å²) in [6.07, 6.45) is 1.32. The second-order valence-corrected chi connectivity index (χ2v) is 8.46. The van der Waals surface area contributed by atoms with Crippen LogP contribution in [-0.4, -0.2) is 37.5 Å². The number of hydrogen-bond donors (Lipinski definition) is 2. The number of anilines is 2. The standard InChI is InChI=1S/C26H20BrN3O6/c1-35-20-10-8-18(9-11-20)28-23(31)15-36-22-12-7-17(27)13-16(22)14-21-24(32)29-26(34)30(25(21)33)19-5-3-2-4-6-19/h2-14H,15H2,1H3,(H,28,31)(H,29,32,34)/b21-14-. The number of ether oxygens (including phenoxy) is 2. The SMILES string of the molecule is COc1ccc(NC(=O)COc2ccc(Br)cc2/C=C2/C(=O)NC(=O)N(c3ccccc3)C2=O)cc1. The van der Waals surface area contributed by atoms with Gasteiger partial charge < -0.3 is 14.8 Å². The Labute approximate surface area is 214 Å². The zero-order valence-electron chi connectivity index (χ0n) is 19.0. The number of halogens is 1. The third kappa shape index (κ3) is 5.61. The smallest absolute Gasteiger partial charge is 0.335 e. The van der Waals surface area contributed by atoms with Crippen molar-refractivity contribution >= 4 is 57.1 Å². The van der Waals surface area contributed by atoms with Crippen LogP contribution in [-0.2, 0) is 14.4 Å².